The second-order valence-corrected chi connectivity index (χ2v) is 6.99. The van der Waals surface area contributed by atoms with Gasteiger partial charge in [-0.15, -0.1) is 0 Å². The quantitative estimate of drug-likeness (QED) is 0.882. The lowest BCUT2D eigenvalue weighted by atomic mass is 10.0. The molecule has 2 nitrogen and oxygen atoms in total. The van der Waals surface area contributed by atoms with Gasteiger partial charge in [0.15, 0.2) is 0 Å². The minimum absolute atomic E-state index is 0.0818. The summed E-state index contributed by atoms with van der Waals surface area (Å²) in [5.74, 6) is -0.427. The number of amides is 1. The Bertz CT molecular complexity index is 719. The lowest BCUT2D eigenvalue weighted by Gasteiger charge is -2.10. The van der Waals surface area contributed by atoms with Gasteiger partial charge in [0, 0.05) is 17.0 Å². The second-order valence-electron chi connectivity index (χ2n) is 6.99. The molecule has 3 rings (SSSR count). The average molecular weight is 285 g/mol. The van der Waals surface area contributed by atoms with Gasteiger partial charge < -0.3 is 5.32 Å². The molecular formula is C18H20FNO. The molecule has 0 bridgehead atoms. The zero-order valence-electron chi connectivity index (χ0n) is 12.8. The summed E-state index contributed by atoms with van der Waals surface area (Å²) in [6, 6.07) is 10.2. The molecule has 0 radical (unpaired) electrons. The number of benzene rings is 2. The molecule has 0 saturated heterocycles. The van der Waals surface area contributed by atoms with E-state index in [9.17, 15) is 9.18 Å². The number of rotatable bonds is 2. The molecule has 2 aromatic carbocycles. The molecule has 0 unspecified atom stereocenters. The Kier molecular flexibility index (Phi) is 2.88. The first-order valence-electron chi connectivity index (χ1n) is 7.25. The van der Waals surface area contributed by atoms with Gasteiger partial charge >= 0.3 is 0 Å². The number of nitrogens with one attached hydrogen (secondary N) is 1. The smallest absolute Gasteiger partial charge is 0.252 e. The van der Waals surface area contributed by atoms with Gasteiger partial charge in [-0.05, 0) is 28.3 Å². The van der Waals surface area contributed by atoms with Crippen molar-refractivity contribution in [3.8, 4) is 0 Å². The molecule has 0 aromatic heterocycles. The molecule has 1 aliphatic carbocycles. The van der Waals surface area contributed by atoms with Crippen LogP contribution in [0, 0.1) is 16.6 Å². The SMILES string of the molecule is CC1(C)C(NC(=O)c2ccc(F)c3ccccc23)C1(C)C. The molecule has 2 aromatic rings. The van der Waals surface area contributed by atoms with E-state index in [0.717, 1.165) is 0 Å². The van der Waals surface area contributed by atoms with Crippen LogP contribution in [-0.4, -0.2) is 11.9 Å². The van der Waals surface area contributed by atoms with E-state index in [4.69, 9.17) is 0 Å². The van der Waals surface area contributed by atoms with Gasteiger partial charge in [-0.1, -0.05) is 52.0 Å². The summed E-state index contributed by atoms with van der Waals surface area (Å²) in [5.41, 5.74) is 0.697. The monoisotopic (exact) mass is 285 g/mol. The van der Waals surface area contributed by atoms with Crippen LogP contribution in [-0.2, 0) is 0 Å². The summed E-state index contributed by atoms with van der Waals surface area (Å²) in [6.45, 7) is 8.61. The molecule has 1 amide bonds. The molecule has 1 aliphatic rings. The van der Waals surface area contributed by atoms with E-state index < -0.39 is 0 Å². The molecule has 21 heavy (non-hydrogen) atoms. The minimum Gasteiger partial charge on any atom is -0.348 e. The standard InChI is InChI=1S/C18H20FNO/c1-17(2)16(18(17,3)4)20-15(21)13-9-10-14(19)12-8-6-5-7-11(12)13/h5-10,16H,1-4H3,(H,20,21). The lowest BCUT2D eigenvalue weighted by Crippen LogP contribution is -2.29. The fourth-order valence-electron chi connectivity index (χ4n) is 3.23. The zero-order chi connectivity index (χ0) is 15.4. The van der Waals surface area contributed by atoms with Gasteiger partial charge in [0.2, 0.25) is 0 Å². The summed E-state index contributed by atoms with van der Waals surface area (Å²) in [5, 5.41) is 4.25. The fourth-order valence-corrected chi connectivity index (χ4v) is 3.23. The van der Waals surface area contributed by atoms with E-state index in [1.165, 1.54) is 6.07 Å². The van der Waals surface area contributed by atoms with E-state index in [0.29, 0.717) is 16.3 Å². The van der Waals surface area contributed by atoms with Crippen LogP contribution in [0.3, 0.4) is 0 Å². The predicted octanol–water partition coefficient (Wildman–Crippen LogP) is 4.14. The number of carbonyl (C=O) groups excluding carboxylic acids is 1. The number of hydrogen-bond acceptors (Lipinski definition) is 1. The highest BCUT2D eigenvalue weighted by Crippen LogP contribution is 2.62. The molecule has 3 heteroatoms. The van der Waals surface area contributed by atoms with Gasteiger partial charge in [-0.3, -0.25) is 4.79 Å². The molecular weight excluding hydrogens is 265 g/mol. The number of carbonyl (C=O) groups is 1. The van der Waals surface area contributed by atoms with Gasteiger partial charge in [0.25, 0.3) is 5.91 Å². The van der Waals surface area contributed by atoms with Crippen LogP contribution in [0.2, 0.25) is 0 Å². The Morgan fingerprint density at radius 2 is 1.57 bits per heavy atom. The van der Waals surface area contributed by atoms with Crippen molar-refractivity contribution in [1.29, 1.82) is 0 Å². The first kappa shape index (κ1) is 14.1. The number of fused-ring (bicyclic) bond motifs is 1. The average Bonchev–Trinajstić information content (AvgIpc) is 2.82. The van der Waals surface area contributed by atoms with Gasteiger partial charge in [-0.25, -0.2) is 4.39 Å². The van der Waals surface area contributed by atoms with Crippen LogP contribution in [0.4, 0.5) is 4.39 Å². The van der Waals surface area contributed by atoms with Crippen LogP contribution in [0.1, 0.15) is 38.1 Å². The van der Waals surface area contributed by atoms with E-state index in [-0.39, 0.29) is 28.6 Å². The lowest BCUT2D eigenvalue weighted by molar-refractivity contribution is 0.0945. The summed E-state index contributed by atoms with van der Waals surface area (Å²) in [6.07, 6.45) is 0. The summed E-state index contributed by atoms with van der Waals surface area (Å²) < 4.78 is 13.8. The van der Waals surface area contributed by atoms with E-state index in [1.54, 1.807) is 24.3 Å². The van der Waals surface area contributed by atoms with E-state index in [2.05, 4.69) is 33.0 Å². The van der Waals surface area contributed by atoms with Crippen molar-refractivity contribution in [2.24, 2.45) is 10.8 Å². The van der Waals surface area contributed by atoms with Crippen LogP contribution >= 0.6 is 0 Å². The maximum Gasteiger partial charge on any atom is 0.252 e. The van der Waals surface area contributed by atoms with Crippen LogP contribution in [0.25, 0.3) is 10.8 Å². The van der Waals surface area contributed by atoms with Gasteiger partial charge in [0.1, 0.15) is 5.82 Å². The van der Waals surface area contributed by atoms with Crippen LogP contribution < -0.4 is 5.32 Å². The first-order valence-corrected chi connectivity index (χ1v) is 7.25. The van der Waals surface area contributed by atoms with Crippen LogP contribution in [0.15, 0.2) is 36.4 Å². The highest BCUT2D eigenvalue weighted by atomic mass is 19.1. The molecule has 1 N–H and O–H groups in total. The van der Waals surface area contributed by atoms with Crippen LogP contribution in [0.5, 0.6) is 0 Å². The molecule has 0 spiro atoms. The molecule has 1 fully saturated rings. The topological polar surface area (TPSA) is 29.1 Å². The predicted molar refractivity (Wildman–Crippen MR) is 82.7 cm³/mol. The van der Waals surface area contributed by atoms with E-state index in [1.807, 2.05) is 6.07 Å². The molecule has 0 atom stereocenters. The van der Waals surface area contributed by atoms with Crippen molar-refractivity contribution in [2.75, 3.05) is 0 Å². The summed E-state index contributed by atoms with van der Waals surface area (Å²) in [7, 11) is 0. The summed E-state index contributed by atoms with van der Waals surface area (Å²) >= 11 is 0. The Labute approximate surface area is 124 Å². The van der Waals surface area contributed by atoms with Crippen molar-refractivity contribution < 1.29 is 9.18 Å². The molecule has 0 aliphatic heterocycles. The number of halogens is 1. The highest BCUT2D eigenvalue weighted by Gasteiger charge is 2.65. The maximum atomic E-state index is 13.8. The third-order valence-corrected chi connectivity index (χ3v) is 5.41. The zero-order valence-corrected chi connectivity index (χ0v) is 12.8. The third kappa shape index (κ3) is 1.95. The first-order chi connectivity index (χ1) is 9.76. The molecule has 0 heterocycles. The van der Waals surface area contributed by atoms with Crippen molar-refractivity contribution in [1.82, 2.24) is 5.32 Å². The van der Waals surface area contributed by atoms with Crippen molar-refractivity contribution in [3.05, 3.63) is 47.8 Å². The molecule has 110 valence electrons. The Morgan fingerprint density at radius 3 is 2.14 bits per heavy atom. The maximum absolute atomic E-state index is 13.8. The normalized spacial score (nSPS) is 19.5. The van der Waals surface area contributed by atoms with Crippen molar-refractivity contribution in [2.45, 2.75) is 33.7 Å². The number of hydrogen-bond donors (Lipinski definition) is 1. The largest absolute Gasteiger partial charge is 0.348 e. The fraction of sp³-hybridized carbons (Fsp3) is 0.389. The van der Waals surface area contributed by atoms with Gasteiger partial charge in [-0.2, -0.15) is 0 Å². The Hall–Kier alpha value is -1.90. The van der Waals surface area contributed by atoms with Crippen molar-refractivity contribution >= 4 is 16.7 Å². The van der Waals surface area contributed by atoms with Gasteiger partial charge in [0.05, 0.1) is 0 Å². The van der Waals surface area contributed by atoms with E-state index >= 15 is 0 Å². The Balaban J connectivity index is 1.95. The second kappa shape index (κ2) is 4.30. The Morgan fingerprint density at radius 1 is 1.00 bits per heavy atom. The minimum atomic E-state index is -0.297. The molecule has 1 saturated carbocycles. The summed E-state index contributed by atoms with van der Waals surface area (Å²) in [4.78, 5) is 12.6. The third-order valence-electron chi connectivity index (χ3n) is 5.41. The van der Waals surface area contributed by atoms with Crippen molar-refractivity contribution in [3.63, 3.8) is 0 Å². The highest BCUT2D eigenvalue weighted by molar-refractivity contribution is 6.07.